The summed E-state index contributed by atoms with van der Waals surface area (Å²) in [7, 11) is 1.86. The molecule has 0 saturated heterocycles. The first-order valence-corrected chi connectivity index (χ1v) is 7.80. The highest BCUT2D eigenvalue weighted by molar-refractivity contribution is 7.80. The molecule has 0 fully saturated rings. The van der Waals surface area contributed by atoms with Crippen molar-refractivity contribution in [3.8, 4) is 5.75 Å². The Kier molecular flexibility index (Phi) is 5.71. The van der Waals surface area contributed by atoms with Crippen molar-refractivity contribution in [1.29, 1.82) is 0 Å². The van der Waals surface area contributed by atoms with Crippen LogP contribution in [0.5, 0.6) is 5.75 Å². The lowest BCUT2D eigenvalue weighted by Crippen LogP contribution is -2.31. The topological polar surface area (TPSA) is 51.1 Å². The van der Waals surface area contributed by atoms with Crippen molar-refractivity contribution >= 4 is 23.0 Å². The third-order valence-electron chi connectivity index (χ3n) is 3.69. The molecule has 0 bridgehead atoms. The molecule has 0 aliphatic carbocycles. The molecule has 0 amide bonds. The van der Waals surface area contributed by atoms with Gasteiger partial charge in [0, 0.05) is 18.3 Å². The molecular formula is C16H20F2N4OS. The second kappa shape index (κ2) is 7.57. The first-order valence-electron chi connectivity index (χ1n) is 7.39. The summed E-state index contributed by atoms with van der Waals surface area (Å²) >= 11 is 5.29. The van der Waals surface area contributed by atoms with Crippen LogP contribution in [0.25, 0.3) is 0 Å². The van der Waals surface area contributed by atoms with Crippen LogP contribution in [0.15, 0.2) is 24.4 Å². The predicted molar refractivity (Wildman–Crippen MR) is 93.5 cm³/mol. The summed E-state index contributed by atoms with van der Waals surface area (Å²) in [6, 6.07) is 4.80. The summed E-state index contributed by atoms with van der Waals surface area (Å²) in [5.41, 5.74) is 3.33. The van der Waals surface area contributed by atoms with Gasteiger partial charge in [0.15, 0.2) is 5.11 Å². The monoisotopic (exact) mass is 354 g/mol. The van der Waals surface area contributed by atoms with Gasteiger partial charge in [-0.2, -0.15) is 13.9 Å². The predicted octanol–water partition coefficient (Wildman–Crippen LogP) is 3.69. The first kappa shape index (κ1) is 18.1. The van der Waals surface area contributed by atoms with Crippen molar-refractivity contribution in [3.05, 3.63) is 41.2 Å². The van der Waals surface area contributed by atoms with Crippen LogP contribution in [0.2, 0.25) is 0 Å². The fraction of sp³-hybridized carbons (Fsp3) is 0.375. The van der Waals surface area contributed by atoms with E-state index in [4.69, 9.17) is 12.2 Å². The van der Waals surface area contributed by atoms with Crippen LogP contribution in [0, 0.1) is 13.8 Å². The molecule has 2 aromatic rings. The molecule has 0 aliphatic heterocycles. The average molecular weight is 354 g/mol. The second-order valence-electron chi connectivity index (χ2n) is 5.51. The Morgan fingerprint density at radius 3 is 2.62 bits per heavy atom. The Hall–Kier alpha value is -2.22. The molecule has 2 rings (SSSR count). The zero-order chi connectivity index (χ0) is 17.9. The molecule has 8 heteroatoms. The van der Waals surface area contributed by atoms with Gasteiger partial charge < -0.3 is 15.4 Å². The quantitative estimate of drug-likeness (QED) is 0.802. The second-order valence-corrected chi connectivity index (χ2v) is 5.92. The number of nitrogens with one attached hydrogen (secondary N) is 2. The van der Waals surface area contributed by atoms with E-state index in [1.165, 1.54) is 6.07 Å². The van der Waals surface area contributed by atoms with Crippen molar-refractivity contribution in [2.75, 3.05) is 5.32 Å². The smallest absolute Gasteiger partial charge is 0.387 e. The van der Waals surface area contributed by atoms with Gasteiger partial charge in [0.25, 0.3) is 0 Å². The Labute approximate surface area is 145 Å². The summed E-state index contributed by atoms with van der Waals surface area (Å²) in [6.07, 6.45) is 1.77. The van der Waals surface area contributed by atoms with Gasteiger partial charge in [0.1, 0.15) is 5.75 Å². The highest BCUT2D eigenvalue weighted by Gasteiger charge is 2.15. The van der Waals surface area contributed by atoms with Crippen LogP contribution in [0.3, 0.4) is 0 Å². The third kappa shape index (κ3) is 4.41. The summed E-state index contributed by atoms with van der Waals surface area (Å²) in [5.74, 6) is 0.0463. The third-order valence-corrected chi connectivity index (χ3v) is 3.91. The number of rotatable bonds is 5. The number of ether oxygens (including phenoxy) is 1. The lowest BCUT2D eigenvalue weighted by atomic mass is 10.1. The summed E-state index contributed by atoms with van der Waals surface area (Å²) in [5, 5.41) is 10.6. The lowest BCUT2D eigenvalue weighted by molar-refractivity contribution is -0.0493. The van der Waals surface area contributed by atoms with Gasteiger partial charge in [-0.25, -0.2) is 0 Å². The molecule has 0 saturated carbocycles. The van der Waals surface area contributed by atoms with Crippen LogP contribution in [0.1, 0.15) is 29.8 Å². The van der Waals surface area contributed by atoms with Gasteiger partial charge in [-0.15, -0.1) is 0 Å². The average Bonchev–Trinajstić information content (AvgIpc) is 2.81. The van der Waals surface area contributed by atoms with Crippen molar-refractivity contribution in [2.24, 2.45) is 7.05 Å². The van der Waals surface area contributed by atoms with Crippen LogP contribution in [0.4, 0.5) is 14.5 Å². The standard InChI is InChI=1S/C16H20F2N4OS/c1-9-5-6-14(23-15(17)18)13(7-9)21-16(24)20-10(2)12-8-19-22(4)11(12)3/h5-8,10,15H,1-4H3,(H2,20,21,24). The van der Waals surface area contributed by atoms with Gasteiger partial charge in [-0.05, 0) is 50.7 Å². The van der Waals surface area contributed by atoms with Gasteiger partial charge >= 0.3 is 6.61 Å². The molecule has 2 N–H and O–H groups in total. The molecular weight excluding hydrogens is 334 g/mol. The van der Waals surface area contributed by atoms with E-state index in [1.54, 1.807) is 23.0 Å². The van der Waals surface area contributed by atoms with Gasteiger partial charge in [-0.1, -0.05) is 6.07 Å². The van der Waals surface area contributed by atoms with E-state index in [1.807, 2.05) is 27.8 Å². The summed E-state index contributed by atoms with van der Waals surface area (Å²) in [6.45, 7) is 2.87. The van der Waals surface area contributed by atoms with E-state index in [0.29, 0.717) is 10.8 Å². The Morgan fingerprint density at radius 2 is 2.04 bits per heavy atom. The number of halogens is 2. The Bertz CT molecular complexity index is 733. The van der Waals surface area contributed by atoms with Crippen molar-refractivity contribution in [1.82, 2.24) is 15.1 Å². The summed E-state index contributed by atoms with van der Waals surface area (Å²) < 4.78 is 31.3. The molecule has 1 aromatic heterocycles. The van der Waals surface area contributed by atoms with E-state index in [9.17, 15) is 8.78 Å². The molecule has 24 heavy (non-hydrogen) atoms. The molecule has 1 heterocycles. The zero-order valence-corrected chi connectivity index (χ0v) is 14.7. The minimum absolute atomic E-state index is 0.0463. The SMILES string of the molecule is Cc1ccc(OC(F)F)c(NC(=S)NC(C)c2cnn(C)c2C)c1. The van der Waals surface area contributed by atoms with Gasteiger partial charge in [0.2, 0.25) is 0 Å². The number of alkyl halides is 2. The molecule has 0 aliphatic rings. The minimum atomic E-state index is -2.90. The molecule has 0 spiro atoms. The van der Waals surface area contributed by atoms with E-state index in [-0.39, 0.29) is 11.8 Å². The Morgan fingerprint density at radius 1 is 1.33 bits per heavy atom. The normalized spacial score (nSPS) is 12.1. The number of anilines is 1. The highest BCUT2D eigenvalue weighted by atomic mass is 32.1. The molecule has 130 valence electrons. The number of thiocarbonyl (C=S) groups is 1. The van der Waals surface area contributed by atoms with E-state index >= 15 is 0 Å². The summed E-state index contributed by atoms with van der Waals surface area (Å²) in [4.78, 5) is 0. The van der Waals surface area contributed by atoms with Crippen LogP contribution < -0.4 is 15.4 Å². The number of hydrogen-bond donors (Lipinski definition) is 2. The number of hydrogen-bond acceptors (Lipinski definition) is 3. The maximum atomic E-state index is 12.5. The lowest BCUT2D eigenvalue weighted by Gasteiger charge is -2.19. The molecule has 5 nitrogen and oxygen atoms in total. The van der Waals surface area contributed by atoms with Crippen LogP contribution >= 0.6 is 12.2 Å². The molecule has 1 unspecified atom stereocenters. The maximum Gasteiger partial charge on any atom is 0.387 e. The fourth-order valence-corrected chi connectivity index (χ4v) is 2.60. The zero-order valence-electron chi connectivity index (χ0n) is 13.9. The maximum absolute atomic E-state index is 12.5. The van der Waals surface area contributed by atoms with Crippen LogP contribution in [-0.2, 0) is 7.05 Å². The fourth-order valence-electron chi connectivity index (χ4n) is 2.31. The van der Waals surface area contributed by atoms with Crippen molar-refractivity contribution < 1.29 is 13.5 Å². The van der Waals surface area contributed by atoms with Crippen molar-refractivity contribution in [2.45, 2.75) is 33.4 Å². The van der Waals surface area contributed by atoms with Crippen LogP contribution in [-0.4, -0.2) is 21.5 Å². The molecule has 1 atom stereocenters. The number of aryl methyl sites for hydroxylation is 2. The van der Waals surface area contributed by atoms with E-state index in [2.05, 4.69) is 20.5 Å². The highest BCUT2D eigenvalue weighted by Crippen LogP contribution is 2.27. The van der Waals surface area contributed by atoms with Crippen molar-refractivity contribution in [3.63, 3.8) is 0 Å². The van der Waals surface area contributed by atoms with Gasteiger partial charge in [-0.3, -0.25) is 4.68 Å². The minimum Gasteiger partial charge on any atom is -0.433 e. The number of benzene rings is 1. The Balaban J connectivity index is 2.09. The molecule has 1 aromatic carbocycles. The largest absolute Gasteiger partial charge is 0.433 e. The number of nitrogens with zero attached hydrogens (tertiary/aromatic N) is 2. The first-order chi connectivity index (χ1) is 11.3. The molecule has 0 radical (unpaired) electrons. The van der Waals surface area contributed by atoms with Gasteiger partial charge in [0.05, 0.1) is 17.9 Å². The van der Waals surface area contributed by atoms with E-state index < -0.39 is 6.61 Å². The van der Waals surface area contributed by atoms with E-state index in [0.717, 1.165) is 16.8 Å². The number of aromatic nitrogens is 2.